The lowest BCUT2D eigenvalue weighted by Gasteiger charge is -2.27. The smallest absolute Gasteiger partial charge is 0.191 e. The van der Waals surface area contributed by atoms with Crippen molar-refractivity contribution in [1.29, 1.82) is 0 Å². The zero-order valence-electron chi connectivity index (χ0n) is 15.8. The minimum atomic E-state index is 0.657. The Labute approximate surface area is 152 Å². The molecule has 1 aliphatic rings. The maximum Gasteiger partial charge on any atom is 0.191 e. The number of nitrogens with zero attached hydrogens (tertiary/aromatic N) is 3. The number of ether oxygens (including phenoxy) is 1. The molecule has 140 valence electrons. The van der Waals surface area contributed by atoms with Crippen LogP contribution in [0.3, 0.4) is 0 Å². The van der Waals surface area contributed by atoms with Gasteiger partial charge < -0.3 is 20.3 Å². The van der Waals surface area contributed by atoms with E-state index >= 15 is 0 Å². The number of aliphatic imine (C=N–C) groups is 1. The number of piperidine rings is 1. The molecule has 1 saturated heterocycles. The number of hydrogen-bond acceptors (Lipinski definition) is 4. The van der Waals surface area contributed by atoms with Gasteiger partial charge in [0, 0.05) is 45.6 Å². The number of anilines is 1. The molecule has 0 aliphatic carbocycles. The largest absolute Gasteiger partial charge is 0.382 e. The normalized spacial score (nSPS) is 15.3. The van der Waals surface area contributed by atoms with Crippen LogP contribution in [0.5, 0.6) is 0 Å². The van der Waals surface area contributed by atoms with E-state index in [1.165, 1.54) is 24.8 Å². The van der Waals surface area contributed by atoms with Crippen molar-refractivity contribution in [1.82, 2.24) is 15.6 Å². The first kappa shape index (κ1) is 19.5. The molecule has 2 N–H and O–H groups in total. The van der Waals surface area contributed by atoms with E-state index in [2.05, 4.69) is 39.6 Å². The van der Waals surface area contributed by atoms with E-state index in [-0.39, 0.29) is 0 Å². The van der Waals surface area contributed by atoms with E-state index < -0.39 is 0 Å². The van der Waals surface area contributed by atoms with Crippen LogP contribution in [-0.2, 0) is 11.3 Å². The SMILES string of the molecule is CCNC(=NCc1ccnc(N2CCCCC2)c1)NCCCOCC. The third-order valence-corrected chi connectivity index (χ3v) is 4.22. The highest BCUT2D eigenvalue weighted by Crippen LogP contribution is 2.18. The molecule has 2 heterocycles. The highest BCUT2D eigenvalue weighted by molar-refractivity contribution is 5.79. The van der Waals surface area contributed by atoms with Gasteiger partial charge in [-0.3, -0.25) is 0 Å². The van der Waals surface area contributed by atoms with Gasteiger partial charge in [0.05, 0.1) is 6.54 Å². The molecule has 0 spiro atoms. The number of rotatable bonds is 9. The average molecular weight is 348 g/mol. The van der Waals surface area contributed by atoms with Crippen molar-refractivity contribution < 1.29 is 4.74 Å². The first-order valence-corrected chi connectivity index (χ1v) is 9.63. The molecule has 1 aromatic rings. The predicted octanol–water partition coefficient (Wildman–Crippen LogP) is 2.55. The fourth-order valence-corrected chi connectivity index (χ4v) is 2.89. The fraction of sp³-hybridized carbons (Fsp3) is 0.684. The zero-order valence-corrected chi connectivity index (χ0v) is 15.8. The van der Waals surface area contributed by atoms with Crippen molar-refractivity contribution in [2.45, 2.75) is 46.1 Å². The van der Waals surface area contributed by atoms with Crippen LogP contribution >= 0.6 is 0 Å². The van der Waals surface area contributed by atoms with Gasteiger partial charge in [0.15, 0.2) is 5.96 Å². The Morgan fingerprint density at radius 2 is 2.08 bits per heavy atom. The average Bonchev–Trinajstić information content (AvgIpc) is 2.67. The molecule has 0 bridgehead atoms. The molecule has 25 heavy (non-hydrogen) atoms. The number of guanidine groups is 1. The van der Waals surface area contributed by atoms with Gasteiger partial charge in [0.25, 0.3) is 0 Å². The van der Waals surface area contributed by atoms with Crippen LogP contribution in [0.2, 0.25) is 0 Å². The van der Waals surface area contributed by atoms with Crippen molar-refractivity contribution in [2.24, 2.45) is 4.99 Å². The summed E-state index contributed by atoms with van der Waals surface area (Å²) in [5.41, 5.74) is 1.20. The quantitative estimate of drug-likeness (QED) is 0.408. The van der Waals surface area contributed by atoms with Crippen LogP contribution in [0, 0.1) is 0 Å². The first-order chi connectivity index (χ1) is 12.3. The standard InChI is InChI=1S/C19H33N5O/c1-3-20-19(22-10-8-14-25-4-2)23-16-17-9-11-21-18(15-17)24-12-6-5-7-13-24/h9,11,15H,3-8,10,12-14,16H2,1-2H3,(H2,20,22,23). The van der Waals surface area contributed by atoms with Crippen molar-refractivity contribution in [2.75, 3.05) is 44.3 Å². The van der Waals surface area contributed by atoms with Crippen LogP contribution in [0.15, 0.2) is 23.3 Å². The monoisotopic (exact) mass is 347 g/mol. The maximum atomic E-state index is 5.36. The Morgan fingerprint density at radius 1 is 1.24 bits per heavy atom. The molecule has 0 unspecified atom stereocenters. The summed E-state index contributed by atoms with van der Waals surface area (Å²) in [6.45, 7) is 10.3. The molecule has 0 aromatic carbocycles. The highest BCUT2D eigenvalue weighted by atomic mass is 16.5. The lowest BCUT2D eigenvalue weighted by Crippen LogP contribution is -2.38. The molecule has 6 nitrogen and oxygen atoms in total. The van der Waals surface area contributed by atoms with Gasteiger partial charge in [-0.1, -0.05) is 0 Å². The Hall–Kier alpha value is -1.82. The Morgan fingerprint density at radius 3 is 2.84 bits per heavy atom. The van der Waals surface area contributed by atoms with E-state index in [0.717, 1.165) is 57.6 Å². The van der Waals surface area contributed by atoms with Crippen molar-refractivity contribution in [3.63, 3.8) is 0 Å². The molecule has 0 atom stereocenters. The van der Waals surface area contributed by atoms with Crippen LogP contribution < -0.4 is 15.5 Å². The maximum absolute atomic E-state index is 5.36. The van der Waals surface area contributed by atoms with Crippen molar-refractivity contribution >= 4 is 11.8 Å². The molecule has 2 rings (SSSR count). The third kappa shape index (κ3) is 7.30. The molecule has 1 aliphatic heterocycles. The zero-order chi connectivity index (χ0) is 17.7. The molecule has 0 radical (unpaired) electrons. The van der Waals surface area contributed by atoms with Gasteiger partial charge in [0.1, 0.15) is 5.82 Å². The molecule has 1 aromatic heterocycles. The summed E-state index contributed by atoms with van der Waals surface area (Å²) in [5.74, 6) is 1.94. The van der Waals surface area contributed by atoms with Gasteiger partial charge in [-0.15, -0.1) is 0 Å². The molecule has 1 fully saturated rings. The van der Waals surface area contributed by atoms with Gasteiger partial charge in [-0.05, 0) is 57.2 Å². The van der Waals surface area contributed by atoms with Gasteiger partial charge in [-0.2, -0.15) is 0 Å². The topological polar surface area (TPSA) is 61.8 Å². The summed E-state index contributed by atoms with van der Waals surface area (Å²) in [4.78, 5) is 11.6. The minimum Gasteiger partial charge on any atom is -0.382 e. The van der Waals surface area contributed by atoms with Crippen LogP contribution in [0.25, 0.3) is 0 Å². The lowest BCUT2D eigenvalue weighted by molar-refractivity contribution is 0.145. The summed E-state index contributed by atoms with van der Waals surface area (Å²) in [5, 5.41) is 6.65. The second kappa shape index (κ2) is 11.7. The summed E-state index contributed by atoms with van der Waals surface area (Å²) in [7, 11) is 0. The summed E-state index contributed by atoms with van der Waals surface area (Å²) < 4.78 is 5.36. The van der Waals surface area contributed by atoms with E-state index in [0.29, 0.717) is 6.54 Å². The minimum absolute atomic E-state index is 0.657. The first-order valence-electron chi connectivity index (χ1n) is 9.63. The number of nitrogens with one attached hydrogen (secondary N) is 2. The molecule has 0 amide bonds. The molecular formula is C19H33N5O. The Balaban J connectivity index is 1.87. The summed E-state index contributed by atoms with van der Waals surface area (Å²) in [6.07, 6.45) is 6.74. The van der Waals surface area contributed by atoms with Crippen LogP contribution in [0.1, 0.15) is 45.1 Å². The Bertz CT molecular complexity index is 514. The van der Waals surface area contributed by atoms with Crippen LogP contribution in [-0.4, -0.2) is 50.3 Å². The lowest BCUT2D eigenvalue weighted by atomic mass is 10.1. The second-order valence-electron chi connectivity index (χ2n) is 6.24. The second-order valence-corrected chi connectivity index (χ2v) is 6.24. The molecular weight excluding hydrogens is 314 g/mol. The van der Waals surface area contributed by atoms with Gasteiger partial charge in [-0.25, -0.2) is 9.98 Å². The van der Waals surface area contributed by atoms with E-state index in [1.807, 2.05) is 13.1 Å². The summed E-state index contributed by atoms with van der Waals surface area (Å²) >= 11 is 0. The number of aromatic nitrogens is 1. The van der Waals surface area contributed by atoms with E-state index in [9.17, 15) is 0 Å². The fourth-order valence-electron chi connectivity index (χ4n) is 2.89. The Kier molecular flexibility index (Phi) is 9.12. The predicted molar refractivity (Wildman–Crippen MR) is 104 cm³/mol. The number of pyridine rings is 1. The van der Waals surface area contributed by atoms with Gasteiger partial charge in [0.2, 0.25) is 0 Å². The highest BCUT2D eigenvalue weighted by Gasteiger charge is 2.12. The van der Waals surface area contributed by atoms with Crippen molar-refractivity contribution in [3.05, 3.63) is 23.9 Å². The molecule has 0 saturated carbocycles. The third-order valence-electron chi connectivity index (χ3n) is 4.22. The molecule has 6 heteroatoms. The van der Waals surface area contributed by atoms with E-state index in [1.54, 1.807) is 0 Å². The van der Waals surface area contributed by atoms with Gasteiger partial charge >= 0.3 is 0 Å². The summed E-state index contributed by atoms with van der Waals surface area (Å²) in [6, 6.07) is 4.23. The number of hydrogen-bond donors (Lipinski definition) is 2. The van der Waals surface area contributed by atoms with Crippen molar-refractivity contribution in [3.8, 4) is 0 Å². The van der Waals surface area contributed by atoms with Crippen LogP contribution in [0.4, 0.5) is 5.82 Å². The van der Waals surface area contributed by atoms with E-state index in [4.69, 9.17) is 9.73 Å².